The maximum Gasteiger partial charge on any atom is 0.211 e. The molecule has 0 spiro atoms. The molecule has 0 atom stereocenters. The van der Waals surface area contributed by atoms with E-state index in [1.165, 1.54) is 20.3 Å². The van der Waals surface area contributed by atoms with E-state index in [0.717, 1.165) is 0 Å². The summed E-state index contributed by atoms with van der Waals surface area (Å²) in [6, 6.07) is 2.84. The zero-order valence-electron chi connectivity index (χ0n) is 7.67. The van der Waals surface area contributed by atoms with Gasteiger partial charge in [-0.2, -0.15) is 9.65 Å². The Kier molecular flexibility index (Phi) is 2.77. The zero-order chi connectivity index (χ0) is 10.7. The molecule has 1 aromatic carbocycles. The summed E-state index contributed by atoms with van der Waals surface area (Å²) in [5, 5.41) is 17.7. The molecule has 0 aliphatic rings. The van der Waals surface area contributed by atoms with Gasteiger partial charge in [-0.15, -0.1) is 0 Å². The summed E-state index contributed by atoms with van der Waals surface area (Å²) in [4.78, 5) is 0. The number of benzene rings is 1. The molecule has 0 aliphatic heterocycles. The predicted octanol–water partition coefficient (Wildman–Crippen LogP) is 1.42. The van der Waals surface area contributed by atoms with Crippen LogP contribution in [0.2, 0.25) is 0 Å². The minimum absolute atomic E-state index is 0.0688. The van der Waals surface area contributed by atoms with Crippen LogP contribution >= 0.6 is 0 Å². The quantitative estimate of drug-likeness (QED) is 0.778. The van der Waals surface area contributed by atoms with Crippen LogP contribution in [0.25, 0.3) is 0 Å². The van der Waals surface area contributed by atoms with E-state index in [4.69, 9.17) is 10.00 Å². The molecule has 0 fully saturated rings. The number of nitrogens with zero attached hydrogens (tertiary/aromatic N) is 1. The fourth-order valence-electron chi connectivity index (χ4n) is 1.03. The predicted molar refractivity (Wildman–Crippen MR) is 45.9 cm³/mol. The Morgan fingerprint density at radius 2 is 2.07 bits per heavy atom. The molecule has 0 bridgehead atoms. The summed E-state index contributed by atoms with van der Waals surface area (Å²) in [6.07, 6.45) is 0. The summed E-state index contributed by atoms with van der Waals surface area (Å²) in [5.74, 6) is -1.88. The van der Waals surface area contributed by atoms with E-state index in [0.29, 0.717) is 0 Å². The van der Waals surface area contributed by atoms with Gasteiger partial charge in [0.25, 0.3) is 0 Å². The van der Waals surface area contributed by atoms with Crippen molar-refractivity contribution in [1.29, 1.82) is 5.26 Å². The molecule has 0 amide bonds. The van der Waals surface area contributed by atoms with Crippen LogP contribution in [0.15, 0.2) is 6.07 Å². The van der Waals surface area contributed by atoms with Crippen molar-refractivity contribution in [2.45, 2.75) is 0 Å². The van der Waals surface area contributed by atoms with Crippen molar-refractivity contribution >= 4 is 0 Å². The van der Waals surface area contributed by atoms with Gasteiger partial charge in [-0.1, -0.05) is 0 Å². The van der Waals surface area contributed by atoms with Gasteiger partial charge < -0.3 is 14.6 Å². The van der Waals surface area contributed by atoms with E-state index in [1.54, 1.807) is 6.07 Å². The van der Waals surface area contributed by atoms with Crippen LogP contribution in [0.4, 0.5) is 4.39 Å². The molecule has 0 heterocycles. The lowest BCUT2D eigenvalue weighted by atomic mass is 10.2. The van der Waals surface area contributed by atoms with E-state index < -0.39 is 11.6 Å². The normalized spacial score (nSPS) is 9.29. The van der Waals surface area contributed by atoms with E-state index >= 15 is 0 Å². The molecule has 0 saturated heterocycles. The van der Waals surface area contributed by atoms with Gasteiger partial charge in [0, 0.05) is 6.07 Å². The Bertz CT molecular complexity index is 398. The lowest BCUT2D eigenvalue weighted by Crippen LogP contribution is -1.95. The molecule has 1 rings (SSSR count). The van der Waals surface area contributed by atoms with Crippen LogP contribution in [0, 0.1) is 17.1 Å². The Morgan fingerprint density at radius 3 is 2.50 bits per heavy atom. The maximum absolute atomic E-state index is 13.3. The third kappa shape index (κ3) is 1.42. The average molecular weight is 197 g/mol. The van der Waals surface area contributed by atoms with Gasteiger partial charge in [0.15, 0.2) is 11.5 Å². The van der Waals surface area contributed by atoms with E-state index in [1.807, 2.05) is 0 Å². The van der Waals surface area contributed by atoms with Gasteiger partial charge in [0.2, 0.25) is 11.6 Å². The summed E-state index contributed by atoms with van der Waals surface area (Å²) >= 11 is 0. The molecule has 1 aromatic rings. The summed E-state index contributed by atoms with van der Waals surface area (Å²) in [7, 11) is 2.56. The van der Waals surface area contributed by atoms with Crippen LogP contribution in [0.3, 0.4) is 0 Å². The van der Waals surface area contributed by atoms with Gasteiger partial charge in [-0.3, -0.25) is 0 Å². The van der Waals surface area contributed by atoms with Crippen molar-refractivity contribution in [3.05, 3.63) is 17.4 Å². The van der Waals surface area contributed by atoms with Crippen molar-refractivity contribution in [2.75, 3.05) is 14.2 Å². The van der Waals surface area contributed by atoms with Gasteiger partial charge >= 0.3 is 0 Å². The number of rotatable bonds is 2. The topological polar surface area (TPSA) is 62.5 Å². The molecule has 0 radical (unpaired) electrons. The molecule has 1 N–H and O–H groups in total. The SMILES string of the molecule is COc1cc(C#N)c(O)c(F)c1OC. The number of hydrogen-bond donors (Lipinski definition) is 1. The molecule has 0 saturated carbocycles. The molecule has 0 aliphatic carbocycles. The fourth-order valence-corrected chi connectivity index (χ4v) is 1.03. The first kappa shape index (κ1) is 10.1. The van der Waals surface area contributed by atoms with Gasteiger partial charge in [-0.25, -0.2) is 0 Å². The third-order valence-electron chi connectivity index (χ3n) is 1.71. The molecule has 14 heavy (non-hydrogen) atoms. The number of phenols is 1. The van der Waals surface area contributed by atoms with Crippen molar-refractivity contribution in [3.8, 4) is 23.3 Å². The number of halogens is 1. The fraction of sp³-hybridized carbons (Fsp3) is 0.222. The molecule has 0 unspecified atom stereocenters. The molecule has 4 nitrogen and oxygen atoms in total. The summed E-state index contributed by atoms with van der Waals surface area (Å²) in [5.41, 5.74) is -0.194. The third-order valence-corrected chi connectivity index (χ3v) is 1.71. The Morgan fingerprint density at radius 1 is 1.43 bits per heavy atom. The Balaban J connectivity index is 3.48. The number of aromatic hydroxyl groups is 1. The van der Waals surface area contributed by atoms with Crippen LogP contribution in [0.5, 0.6) is 17.2 Å². The second kappa shape index (κ2) is 3.83. The number of methoxy groups -OCH3 is 2. The second-order valence-corrected chi connectivity index (χ2v) is 2.43. The molecule has 5 heteroatoms. The monoisotopic (exact) mass is 197 g/mol. The van der Waals surface area contributed by atoms with E-state index in [2.05, 4.69) is 4.74 Å². The van der Waals surface area contributed by atoms with E-state index in [-0.39, 0.29) is 17.1 Å². The lowest BCUT2D eigenvalue weighted by molar-refractivity contribution is 0.325. The second-order valence-electron chi connectivity index (χ2n) is 2.43. The first-order valence-corrected chi connectivity index (χ1v) is 3.69. The minimum Gasteiger partial charge on any atom is -0.504 e. The smallest absolute Gasteiger partial charge is 0.211 e. The average Bonchev–Trinajstić information content (AvgIpc) is 2.21. The zero-order valence-corrected chi connectivity index (χ0v) is 7.67. The number of nitriles is 1. The molecular weight excluding hydrogens is 189 g/mol. The van der Waals surface area contributed by atoms with Gasteiger partial charge in [-0.05, 0) is 0 Å². The summed E-state index contributed by atoms with van der Waals surface area (Å²) < 4.78 is 22.8. The number of phenolic OH excluding ortho intramolecular Hbond substituents is 1. The van der Waals surface area contributed by atoms with Gasteiger partial charge in [0.05, 0.1) is 14.2 Å². The molecular formula is C9H8FNO3. The van der Waals surface area contributed by atoms with Crippen molar-refractivity contribution < 1.29 is 19.0 Å². The highest BCUT2D eigenvalue weighted by atomic mass is 19.1. The first-order chi connectivity index (χ1) is 6.65. The number of ether oxygens (including phenoxy) is 2. The van der Waals surface area contributed by atoms with Crippen LogP contribution in [-0.2, 0) is 0 Å². The number of hydrogen-bond acceptors (Lipinski definition) is 4. The summed E-state index contributed by atoms with van der Waals surface area (Å²) in [6.45, 7) is 0. The Labute approximate surface area is 80.1 Å². The van der Waals surface area contributed by atoms with Crippen LogP contribution < -0.4 is 9.47 Å². The highest BCUT2D eigenvalue weighted by molar-refractivity contribution is 5.55. The van der Waals surface area contributed by atoms with E-state index in [9.17, 15) is 9.50 Å². The Hall–Kier alpha value is -1.96. The lowest BCUT2D eigenvalue weighted by Gasteiger charge is -2.09. The molecule has 74 valence electrons. The van der Waals surface area contributed by atoms with Crippen LogP contribution in [-0.4, -0.2) is 19.3 Å². The largest absolute Gasteiger partial charge is 0.504 e. The highest BCUT2D eigenvalue weighted by Gasteiger charge is 2.18. The maximum atomic E-state index is 13.3. The van der Waals surface area contributed by atoms with Crippen molar-refractivity contribution in [1.82, 2.24) is 0 Å². The van der Waals surface area contributed by atoms with Crippen molar-refractivity contribution in [3.63, 3.8) is 0 Å². The van der Waals surface area contributed by atoms with Crippen molar-refractivity contribution in [2.24, 2.45) is 0 Å². The standard InChI is InChI=1S/C9H8FNO3/c1-13-6-3-5(4-11)8(12)7(10)9(6)14-2/h3,12H,1-2H3. The minimum atomic E-state index is -0.997. The van der Waals surface area contributed by atoms with Crippen LogP contribution in [0.1, 0.15) is 5.56 Å². The van der Waals surface area contributed by atoms with Gasteiger partial charge in [0.1, 0.15) is 11.6 Å². The molecule has 0 aromatic heterocycles. The highest BCUT2D eigenvalue weighted by Crippen LogP contribution is 2.37. The first-order valence-electron chi connectivity index (χ1n) is 3.69.